The molecule has 0 aliphatic heterocycles. The molecule has 0 atom stereocenters. The smallest absolute Gasteiger partial charge is 0.303 e. The zero-order chi connectivity index (χ0) is 15.5. The van der Waals surface area contributed by atoms with Crippen LogP contribution in [0.3, 0.4) is 0 Å². The maximum Gasteiger partial charge on any atom is 0.303 e. The number of anilines is 1. The van der Waals surface area contributed by atoms with Crippen LogP contribution in [0.4, 0.5) is 5.69 Å². The number of amides is 1. The zero-order valence-corrected chi connectivity index (χ0v) is 12.9. The molecular weight excluding hydrogens is 290 g/mol. The van der Waals surface area contributed by atoms with E-state index in [1.54, 1.807) is 12.1 Å². The lowest BCUT2D eigenvalue weighted by molar-refractivity contribution is -0.140. The largest absolute Gasteiger partial charge is 0.481 e. The van der Waals surface area contributed by atoms with Crippen molar-refractivity contribution >= 4 is 29.2 Å². The third-order valence-electron chi connectivity index (χ3n) is 4.17. The number of aliphatic carboxylic acids is 1. The van der Waals surface area contributed by atoms with Crippen LogP contribution < -0.4 is 5.32 Å². The molecule has 0 spiro atoms. The quantitative estimate of drug-likeness (QED) is 0.863. The number of hydrogen-bond donors (Lipinski definition) is 2. The second-order valence-corrected chi connectivity index (χ2v) is 6.37. The molecule has 0 heterocycles. The van der Waals surface area contributed by atoms with Gasteiger partial charge in [0.1, 0.15) is 0 Å². The summed E-state index contributed by atoms with van der Waals surface area (Å²) in [7, 11) is 0. The molecule has 1 aliphatic carbocycles. The summed E-state index contributed by atoms with van der Waals surface area (Å²) >= 11 is 5.96. The van der Waals surface area contributed by atoms with Crippen molar-refractivity contribution in [1.82, 2.24) is 0 Å². The highest BCUT2D eigenvalue weighted by Gasteiger charge is 2.37. The molecule has 21 heavy (non-hydrogen) atoms. The fourth-order valence-electron chi connectivity index (χ4n) is 3.13. The van der Waals surface area contributed by atoms with Gasteiger partial charge in [0, 0.05) is 17.1 Å². The first-order chi connectivity index (χ1) is 9.90. The monoisotopic (exact) mass is 309 g/mol. The molecule has 5 heteroatoms. The van der Waals surface area contributed by atoms with Crippen molar-refractivity contribution in [2.24, 2.45) is 5.41 Å². The number of aryl methyl sites for hydroxylation is 1. The summed E-state index contributed by atoms with van der Waals surface area (Å²) in [6.45, 7) is 1.88. The molecule has 0 radical (unpaired) electrons. The van der Waals surface area contributed by atoms with Crippen LogP contribution in [-0.4, -0.2) is 17.0 Å². The van der Waals surface area contributed by atoms with E-state index < -0.39 is 5.97 Å². The molecule has 4 nitrogen and oxygen atoms in total. The lowest BCUT2D eigenvalue weighted by Gasteiger charge is -2.26. The van der Waals surface area contributed by atoms with E-state index in [1.165, 1.54) is 0 Å². The minimum atomic E-state index is -0.827. The first-order valence-electron chi connectivity index (χ1n) is 7.18. The van der Waals surface area contributed by atoms with Crippen molar-refractivity contribution in [3.63, 3.8) is 0 Å². The first-order valence-corrected chi connectivity index (χ1v) is 7.56. The van der Waals surface area contributed by atoms with Gasteiger partial charge in [0.05, 0.1) is 6.42 Å². The average Bonchev–Trinajstić information content (AvgIpc) is 2.80. The van der Waals surface area contributed by atoms with Crippen molar-refractivity contribution < 1.29 is 14.7 Å². The number of hydrogen-bond acceptors (Lipinski definition) is 2. The summed E-state index contributed by atoms with van der Waals surface area (Å²) in [5.74, 6) is -0.952. The highest BCUT2D eigenvalue weighted by atomic mass is 35.5. The standard InChI is InChI=1S/C16H20ClNO3/c1-11-8-12(4-5-13(11)17)18-14(19)9-16(10-15(20)21)6-2-3-7-16/h4-5,8H,2-3,6-7,9-10H2,1H3,(H,18,19)(H,20,21). The van der Waals surface area contributed by atoms with E-state index in [0.29, 0.717) is 10.7 Å². The molecule has 114 valence electrons. The third kappa shape index (κ3) is 4.21. The van der Waals surface area contributed by atoms with Crippen LogP contribution in [-0.2, 0) is 9.59 Å². The van der Waals surface area contributed by atoms with Crippen LogP contribution in [0.1, 0.15) is 44.1 Å². The van der Waals surface area contributed by atoms with E-state index >= 15 is 0 Å². The van der Waals surface area contributed by atoms with E-state index in [1.807, 2.05) is 13.0 Å². The summed E-state index contributed by atoms with van der Waals surface area (Å²) in [5.41, 5.74) is 1.22. The fraction of sp³-hybridized carbons (Fsp3) is 0.500. The van der Waals surface area contributed by atoms with Crippen LogP contribution in [0.15, 0.2) is 18.2 Å². The topological polar surface area (TPSA) is 66.4 Å². The number of rotatable bonds is 5. The Morgan fingerprint density at radius 1 is 1.29 bits per heavy atom. The molecule has 2 N–H and O–H groups in total. The molecule has 1 aromatic rings. The Bertz CT molecular complexity index is 550. The van der Waals surface area contributed by atoms with Gasteiger partial charge >= 0.3 is 5.97 Å². The van der Waals surface area contributed by atoms with Gasteiger partial charge in [-0.15, -0.1) is 0 Å². The maximum absolute atomic E-state index is 12.2. The van der Waals surface area contributed by atoms with E-state index in [9.17, 15) is 9.59 Å². The first kappa shape index (κ1) is 15.8. The lowest BCUT2D eigenvalue weighted by Crippen LogP contribution is -2.27. The molecule has 1 aromatic carbocycles. The third-order valence-corrected chi connectivity index (χ3v) is 4.59. The van der Waals surface area contributed by atoms with Gasteiger partial charge in [0.2, 0.25) is 5.91 Å². The molecule has 0 saturated heterocycles. The van der Waals surface area contributed by atoms with Crippen LogP contribution >= 0.6 is 11.6 Å². The number of carbonyl (C=O) groups excluding carboxylic acids is 1. The number of carboxylic acids is 1. The second-order valence-electron chi connectivity index (χ2n) is 5.97. The van der Waals surface area contributed by atoms with Gasteiger partial charge < -0.3 is 10.4 Å². The van der Waals surface area contributed by atoms with Crippen molar-refractivity contribution in [2.45, 2.75) is 45.4 Å². The number of carboxylic acid groups (broad SMARTS) is 1. The fourth-order valence-corrected chi connectivity index (χ4v) is 3.25. The average molecular weight is 310 g/mol. The van der Waals surface area contributed by atoms with Crippen LogP contribution in [0.5, 0.6) is 0 Å². The highest BCUT2D eigenvalue weighted by molar-refractivity contribution is 6.31. The van der Waals surface area contributed by atoms with E-state index in [-0.39, 0.29) is 24.2 Å². The Kier molecular flexibility index (Phi) is 4.88. The van der Waals surface area contributed by atoms with E-state index in [4.69, 9.17) is 16.7 Å². The second kappa shape index (κ2) is 6.48. The van der Waals surface area contributed by atoms with Crippen molar-refractivity contribution in [3.8, 4) is 0 Å². The molecule has 1 fully saturated rings. The molecular formula is C16H20ClNO3. The lowest BCUT2D eigenvalue weighted by atomic mass is 9.79. The highest BCUT2D eigenvalue weighted by Crippen LogP contribution is 2.44. The van der Waals surface area contributed by atoms with Gasteiger partial charge in [0.15, 0.2) is 0 Å². The zero-order valence-electron chi connectivity index (χ0n) is 12.1. The number of carbonyl (C=O) groups is 2. The number of benzene rings is 1. The van der Waals surface area contributed by atoms with Gasteiger partial charge in [-0.3, -0.25) is 9.59 Å². The van der Waals surface area contributed by atoms with Gasteiger partial charge in [-0.1, -0.05) is 24.4 Å². The Hall–Kier alpha value is -1.55. The molecule has 0 bridgehead atoms. The van der Waals surface area contributed by atoms with Crippen LogP contribution in [0.2, 0.25) is 5.02 Å². The summed E-state index contributed by atoms with van der Waals surface area (Å²) in [6, 6.07) is 5.32. The predicted molar refractivity (Wildman–Crippen MR) is 82.6 cm³/mol. The minimum absolute atomic E-state index is 0.0695. The summed E-state index contributed by atoms with van der Waals surface area (Å²) < 4.78 is 0. The molecule has 1 aliphatic rings. The normalized spacial score (nSPS) is 16.7. The van der Waals surface area contributed by atoms with E-state index in [0.717, 1.165) is 31.2 Å². The van der Waals surface area contributed by atoms with Crippen molar-refractivity contribution in [2.75, 3.05) is 5.32 Å². The van der Waals surface area contributed by atoms with Crippen molar-refractivity contribution in [3.05, 3.63) is 28.8 Å². The Morgan fingerprint density at radius 2 is 1.95 bits per heavy atom. The van der Waals surface area contributed by atoms with Gasteiger partial charge in [-0.2, -0.15) is 0 Å². The molecule has 1 saturated carbocycles. The molecule has 1 amide bonds. The van der Waals surface area contributed by atoms with Crippen LogP contribution in [0, 0.1) is 12.3 Å². The Labute approximate surface area is 129 Å². The van der Waals surface area contributed by atoms with Gasteiger partial charge in [0.25, 0.3) is 0 Å². The number of halogens is 1. The van der Waals surface area contributed by atoms with Crippen LogP contribution in [0.25, 0.3) is 0 Å². The minimum Gasteiger partial charge on any atom is -0.481 e. The number of nitrogens with one attached hydrogen (secondary N) is 1. The predicted octanol–water partition coefficient (Wildman–Crippen LogP) is 4.01. The van der Waals surface area contributed by atoms with Crippen molar-refractivity contribution in [1.29, 1.82) is 0 Å². The Morgan fingerprint density at radius 3 is 2.52 bits per heavy atom. The summed E-state index contributed by atoms with van der Waals surface area (Å²) in [5, 5.41) is 12.6. The van der Waals surface area contributed by atoms with E-state index in [2.05, 4.69) is 5.32 Å². The molecule has 0 unspecified atom stereocenters. The maximum atomic E-state index is 12.2. The van der Waals surface area contributed by atoms with Gasteiger partial charge in [-0.05, 0) is 48.9 Å². The SMILES string of the molecule is Cc1cc(NC(=O)CC2(CC(=O)O)CCCC2)ccc1Cl. The molecule has 0 aromatic heterocycles. The summed E-state index contributed by atoms with van der Waals surface area (Å²) in [6.07, 6.45) is 3.96. The Balaban J connectivity index is 2.02. The van der Waals surface area contributed by atoms with Gasteiger partial charge in [-0.25, -0.2) is 0 Å². The summed E-state index contributed by atoms with van der Waals surface area (Å²) in [4.78, 5) is 23.3. The molecule has 2 rings (SSSR count).